The van der Waals surface area contributed by atoms with E-state index in [0.717, 1.165) is 40.9 Å². The van der Waals surface area contributed by atoms with Crippen molar-refractivity contribution < 1.29 is 19.0 Å². The Kier molecular flexibility index (Phi) is 6.16. The number of anilines is 1. The predicted molar refractivity (Wildman–Crippen MR) is 145 cm³/mol. The molecule has 37 heavy (non-hydrogen) atoms. The number of aryl methyl sites for hydroxylation is 1. The third-order valence-corrected chi connectivity index (χ3v) is 8.60. The molecule has 0 unspecified atom stereocenters. The van der Waals surface area contributed by atoms with Crippen LogP contribution in [0.15, 0.2) is 29.1 Å². The minimum absolute atomic E-state index is 0.0218. The number of hydrogen-bond donors (Lipinski definition) is 1. The fraction of sp³-hybridized carbons (Fsp3) is 0.533. The Morgan fingerprint density at radius 3 is 2.38 bits per heavy atom. The van der Waals surface area contributed by atoms with Crippen molar-refractivity contribution >= 4 is 11.6 Å². The van der Waals surface area contributed by atoms with Gasteiger partial charge in [0.25, 0.3) is 0 Å². The van der Waals surface area contributed by atoms with E-state index in [1.165, 1.54) is 13.3 Å². The van der Waals surface area contributed by atoms with Gasteiger partial charge in [-0.05, 0) is 71.4 Å². The van der Waals surface area contributed by atoms with Crippen LogP contribution in [0.1, 0.15) is 64.1 Å². The predicted octanol–water partition coefficient (Wildman–Crippen LogP) is 4.88. The summed E-state index contributed by atoms with van der Waals surface area (Å²) in [4.78, 5) is 28.4. The van der Waals surface area contributed by atoms with Crippen LogP contribution in [-0.4, -0.2) is 39.8 Å². The van der Waals surface area contributed by atoms with Gasteiger partial charge in [-0.15, -0.1) is 0 Å². The highest BCUT2D eigenvalue weighted by atomic mass is 16.5. The highest BCUT2D eigenvalue weighted by molar-refractivity contribution is 5.84. The summed E-state index contributed by atoms with van der Waals surface area (Å²) in [6.07, 6.45) is 3.59. The topological polar surface area (TPSA) is 77.1 Å². The number of fused-ring (bicyclic) bond motifs is 5. The van der Waals surface area contributed by atoms with E-state index in [0.29, 0.717) is 36.1 Å². The van der Waals surface area contributed by atoms with Crippen molar-refractivity contribution in [3.63, 3.8) is 0 Å². The average molecular weight is 507 g/mol. The van der Waals surface area contributed by atoms with E-state index in [1.54, 1.807) is 27.4 Å². The molecule has 0 aromatic heterocycles. The Hall–Kier alpha value is -3.22. The summed E-state index contributed by atoms with van der Waals surface area (Å²) in [7, 11) is 4.81. The monoisotopic (exact) mass is 506 g/mol. The third kappa shape index (κ3) is 4.12. The standard InChI is InChI=1S/C30H38N2O5/c1-17(33)31-21-10-8-18-12-24(35-5)27(36-6)28(37-7)26(18)19-9-11-22(23(34)13-20(19)21)32-16-30(4)14-25(32)29(2,3)15-30/h9,11-13,21,25H,8,10,14-16H2,1-7H3,(H,31,33)/t21-,25-,30-/m1/s1. The van der Waals surface area contributed by atoms with E-state index < -0.39 is 0 Å². The zero-order valence-electron chi connectivity index (χ0n) is 23.0. The molecule has 3 aliphatic rings. The molecule has 1 aliphatic heterocycles. The molecule has 7 heteroatoms. The molecule has 7 nitrogen and oxygen atoms in total. The van der Waals surface area contributed by atoms with Crippen molar-refractivity contribution in [1.29, 1.82) is 0 Å². The number of amides is 1. The van der Waals surface area contributed by atoms with Gasteiger partial charge >= 0.3 is 0 Å². The molecule has 0 spiro atoms. The minimum Gasteiger partial charge on any atom is -0.493 e. The van der Waals surface area contributed by atoms with E-state index in [-0.39, 0.29) is 28.2 Å². The maximum atomic E-state index is 13.9. The van der Waals surface area contributed by atoms with Crippen LogP contribution in [0, 0.1) is 10.8 Å². The number of nitrogens with one attached hydrogen (secondary N) is 1. The summed E-state index contributed by atoms with van der Waals surface area (Å²) in [5, 5.41) is 3.09. The van der Waals surface area contributed by atoms with E-state index in [4.69, 9.17) is 14.2 Å². The van der Waals surface area contributed by atoms with E-state index >= 15 is 0 Å². The molecular formula is C30H38N2O5. The second-order valence-electron chi connectivity index (χ2n) is 11.9. The maximum Gasteiger partial charge on any atom is 0.217 e. The number of ether oxygens (including phenoxy) is 3. The smallest absolute Gasteiger partial charge is 0.217 e. The summed E-state index contributed by atoms with van der Waals surface area (Å²) in [6.45, 7) is 9.35. The number of nitrogens with zero attached hydrogens (tertiary/aromatic N) is 1. The summed E-state index contributed by atoms with van der Waals surface area (Å²) in [5.74, 6) is 1.53. The Balaban J connectivity index is 1.75. The first-order valence-corrected chi connectivity index (χ1v) is 13.1. The van der Waals surface area contributed by atoms with Crippen molar-refractivity contribution in [2.75, 3.05) is 32.8 Å². The van der Waals surface area contributed by atoms with Gasteiger partial charge in [-0.2, -0.15) is 0 Å². The molecule has 1 heterocycles. The van der Waals surface area contributed by atoms with Crippen molar-refractivity contribution in [3.8, 4) is 28.4 Å². The average Bonchev–Trinajstić information content (AvgIpc) is 3.17. The molecule has 3 atom stereocenters. The molecular weight excluding hydrogens is 468 g/mol. The first-order valence-electron chi connectivity index (χ1n) is 13.1. The van der Waals surface area contributed by atoms with Gasteiger partial charge in [0.05, 0.1) is 33.1 Å². The molecule has 2 aromatic carbocycles. The normalized spacial score (nSPS) is 25.1. The lowest BCUT2D eigenvalue weighted by molar-refractivity contribution is -0.119. The lowest BCUT2D eigenvalue weighted by Gasteiger charge is -2.42. The van der Waals surface area contributed by atoms with Crippen LogP contribution in [0.3, 0.4) is 0 Å². The number of rotatable bonds is 5. The van der Waals surface area contributed by atoms with Crippen molar-refractivity contribution in [3.05, 3.63) is 45.6 Å². The van der Waals surface area contributed by atoms with E-state index in [9.17, 15) is 9.59 Å². The zero-order valence-corrected chi connectivity index (χ0v) is 23.0. The summed E-state index contributed by atoms with van der Waals surface area (Å²) in [5.41, 5.74) is 4.61. The van der Waals surface area contributed by atoms with Crippen molar-refractivity contribution in [2.24, 2.45) is 10.8 Å². The maximum absolute atomic E-state index is 13.9. The Labute approximate surface area is 219 Å². The van der Waals surface area contributed by atoms with Gasteiger partial charge in [0.2, 0.25) is 17.1 Å². The van der Waals surface area contributed by atoms with E-state index in [1.807, 2.05) is 18.2 Å². The first kappa shape index (κ1) is 25.4. The molecule has 5 rings (SSSR count). The van der Waals surface area contributed by atoms with Gasteiger partial charge in [0.1, 0.15) is 0 Å². The van der Waals surface area contributed by atoms with E-state index in [2.05, 4.69) is 31.0 Å². The highest BCUT2D eigenvalue weighted by Crippen LogP contribution is 2.57. The summed E-state index contributed by atoms with van der Waals surface area (Å²) >= 11 is 0. The van der Waals surface area contributed by atoms with Crippen molar-refractivity contribution in [2.45, 2.75) is 65.5 Å². The Morgan fingerprint density at radius 1 is 1.05 bits per heavy atom. The van der Waals surface area contributed by atoms with Crippen LogP contribution in [0.25, 0.3) is 11.1 Å². The second-order valence-corrected chi connectivity index (χ2v) is 11.9. The summed E-state index contributed by atoms with van der Waals surface area (Å²) < 4.78 is 17.2. The number of piperidine rings is 1. The Morgan fingerprint density at radius 2 is 1.78 bits per heavy atom. The minimum atomic E-state index is -0.307. The SMILES string of the molecule is COc1cc2c(c(OC)c1OC)-c1ccc(N3C[C@]4(C)C[C@@H]3C(C)(C)C4)c(=O)cc1[C@H](NC(C)=O)CC2. The highest BCUT2D eigenvalue weighted by Gasteiger charge is 2.56. The summed E-state index contributed by atoms with van der Waals surface area (Å²) in [6, 6.07) is 7.73. The largest absolute Gasteiger partial charge is 0.493 e. The number of carbonyl (C=O) groups excluding carboxylic acids is 1. The van der Waals surface area contributed by atoms with Gasteiger partial charge in [0, 0.05) is 25.1 Å². The van der Waals surface area contributed by atoms with Gasteiger partial charge < -0.3 is 24.4 Å². The van der Waals surface area contributed by atoms with Gasteiger partial charge in [-0.1, -0.05) is 26.8 Å². The van der Waals surface area contributed by atoms with Crippen molar-refractivity contribution in [1.82, 2.24) is 5.32 Å². The number of methoxy groups -OCH3 is 3. The van der Waals surface area contributed by atoms with Crippen LogP contribution in [0.4, 0.5) is 5.69 Å². The molecule has 1 saturated heterocycles. The molecule has 2 fully saturated rings. The third-order valence-electron chi connectivity index (χ3n) is 8.60. The number of carbonyl (C=O) groups is 1. The van der Waals surface area contributed by atoms with Crippen LogP contribution in [0.2, 0.25) is 0 Å². The second kappa shape index (κ2) is 8.96. The lowest BCUT2D eigenvalue weighted by atomic mass is 9.79. The zero-order chi connectivity index (χ0) is 26.7. The van der Waals surface area contributed by atoms with Crippen LogP contribution in [0.5, 0.6) is 17.2 Å². The van der Waals surface area contributed by atoms with Crippen LogP contribution < -0.4 is 29.9 Å². The molecule has 1 saturated carbocycles. The van der Waals surface area contributed by atoms with Crippen LogP contribution >= 0.6 is 0 Å². The van der Waals surface area contributed by atoms with Crippen LogP contribution in [-0.2, 0) is 11.2 Å². The lowest BCUT2D eigenvalue weighted by Crippen LogP contribution is -2.46. The number of hydrogen-bond acceptors (Lipinski definition) is 6. The van der Waals surface area contributed by atoms with Gasteiger partial charge in [-0.25, -0.2) is 0 Å². The Bertz CT molecular complexity index is 1320. The molecule has 2 aliphatic carbocycles. The molecule has 1 N–H and O–H groups in total. The molecule has 0 radical (unpaired) electrons. The molecule has 2 aromatic rings. The quantitative estimate of drug-likeness (QED) is 0.623. The first-order chi connectivity index (χ1) is 17.5. The fourth-order valence-electron chi connectivity index (χ4n) is 7.40. The fourth-order valence-corrected chi connectivity index (χ4v) is 7.40. The van der Waals surface area contributed by atoms with Gasteiger partial charge in [0.15, 0.2) is 11.5 Å². The number of benzene rings is 1. The molecule has 2 bridgehead atoms. The molecule has 198 valence electrons. The molecule has 1 amide bonds. The van der Waals surface area contributed by atoms with Gasteiger partial charge in [-0.3, -0.25) is 9.59 Å².